The molecule has 1 aromatic heterocycles. The number of morpholine rings is 1. The van der Waals surface area contributed by atoms with Gasteiger partial charge in [-0.2, -0.15) is 0 Å². The van der Waals surface area contributed by atoms with E-state index in [2.05, 4.69) is 26.0 Å². The van der Waals surface area contributed by atoms with Gasteiger partial charge in [0.25, 0.3) is 0 Å². The van der Waals surface area contributed by atoms with E-state index in [4.69, 9.17) is 16.3 Å². The first-order chi connectivity index (χ1) is 8.49. The number of sulfonamides is 1. The predicted octanol–water partition coefficient (Wildman–Crippen LogP) is 1.43. The number of hydrogen-bond donors (Lipinski definition) is 2. The fourth-order valence-corrected chi connectivity index (χ4v) is 5.02. The molecule has 1 aliphatic heterocycles. The lowest BCUT2D eigenvalue weighted by atomic mass is 10.3. The van der Waals surface area contributed by atoms with Crippen LogP contribution in [0.2, 0.25) is 5.02 Å². The highest BCUT2D eigenvalue weighted by Crippen LogP contribution is 2.34. The van der Waals surface area contributed by atoms with E-state index in [1.54, 1.807) is 0 Å². The zero-order valence-electron chi connectivity index (χ0n) is 9.28. The molecule has 18 heavy (non-hydrogen) atoms. The van der Waals surface area contributed by atoms with E-state index < -0.39 is 10.0 Å². The first-order valence-electron chi connectivity index (χ1n) is 5.24. The Morgan fingerprint density at radius 2 is 2.44 bits per heavy atom. The molecule has 0 saturated carbocycles. The van der Waals surface area contributed by atoms with Crippen molar-refractivity contribution in [3.63, 3.8) is 0 Å². The molecule has 5 nitrogen and oxygen atoms in total. The van der Waals surface area contributed by atoms with Gasteiger partial charge in [0.1, 0.15) is 4.21 Å². The minimum atomic E-state index is -3.50. The van der Waals surface area contributed by atoms with Crippen LogP contribution in [0.15, 0.2) is 14.1 Å². The normalized spacial score (nSPS) is 21.1. The van der Waals surface area contributed by atoms with Gasteiger partial charge in [-0.3, -0.25) is 0 Å². The zero-order chi connectivity index (χ0) is 13.2. The lowest BCUT2D eigenvalue weighted by Gasteiger charge is -2.23. The summed E-state index contributed by atoms with van der Waals surface area (Å²) in [5.74, 6) is 0. The summed E-state index contributed by atoms with van der Waals surface area (Å²) in [6.45, 7) is 2.21. The van der Waals surface area contributed by atoms with Crippen molar-refractivity contribution in [3.8, 4) is 0 Å². The second-order valence-corrected chi connectivity index (χ2v) is 8.54. The van der Waals surface area contributed by atoms with Gasteiger partial charge < -0.3 is 10.1 Å². The van der Waals surface area contributed by atoms with Gasteiger partial charge in [-0.15, -0.1) is 11.3 Å². The van der Waals surface area contributed by atoms with Gasteiger partial charge in [0, 0.05) is 19.1 Å². The molecule has 0 aromatic carbocycles. The van der Waals surface area contributed by atoms with E-state index >= 15 is 0 Å². The molecule has 0 radical (unpaired) electrons. The molecule has 1 atom stereocenters. The van der Waals surface area contributed by atoms with Crippen molar-refractivity contribution in [2.75, 3.05) is 26.3 Å². The fourth-order valence-electron chi connectivity index (χ4n) is 1.49. The number of hydrogen-bond acceptors (Lipinski definition) is 5. The van der Waals surface area contributed by atoms with Gasteiger partial charge >= 0.3 is 0 Å². The average molecular weight is 376 g/mol. The Morgan fingerprint density at radius 1 is 1.67 bits per heavy atom. The second-order valence-electron chi connectivity index (χ2n) is 3.76. The lowest BCUT2D eigenvalue weighted by molar-refractivity contribution is 0.0784. The van der Waals surface area contributed by atoms with Gasteiger partial charge in [0.2, 0.25) is 10.0 Å². The van der Waals surface area contributed by atoms with Crippen LogP contribution in [0.1, 0.15) is 0 Å². The molecule has 0 spiro atoms. The van der Waals surface area contributed by atoms with Crippen molar-refractivity contribution in [1.29, 1.82) is 0 Å². The van der Waals surface area contributed by atoms with Gasteiger partial charge in [0.05, 0.1) is 22.0 Å². The standard InChI is InChI=1S/C9H12BrClN2O3S2/c10-9-7(11)3-8(17-9)18(14,15)13-4-6-5-16-2-1-12-6/h3,6,12-13H,1-2,4-5H2. The maximum atomic E-state index is 12.0. The van der Waals surface area contributed by atoms with Crippen molar-refractivity contribution >= 4 is 48.9 Å². The number of nitrogens with one attached hydrogen (secondary N) is 2. The summed E-state index contributed by atoms with van der Waals surface area (Å²) in [4.78, 5) is 0. The molecular formula is C9H12BrClN2O3S2. The Labute approximate surface area is 123 Å². The second kappa shape index (κ2) is 6.17. The summed E-state index contributed by atoms with van der Waals surface area (Å²) >= 11 is 10.1. The Hall–Kier alpha value is 0.300. The van der Waals surface area contributed by atoms with Crippen LogP contribution in [0, 0.1) is 0 Å². The minimum absolute atomic E-state index is 0.00685. The Bertz CT molecular complexity index is 494. The minimum Gasteiger partial charge on any atom is -0.378 e. The summed E-state index contributed by atoms with van der Waals surface area (Å²) in [5.41, 5.74) is 0. The molecule has 2 N–H and O–H groups in total. The molecule has 9 heteroatoms. The molecular weight excluding hydrogens is 364 g/mol. The third-order valence-corrected chi connectivity index (χ3v) is 6.78. The van der Waals surface area contributed by atoms with Crippen LogP contribution in [0.25, 0.3) is 0 Å². The van der Waals surface area contributed by atoms with E-state index in [1.807, 2.05) is 0 Å². The van der Waals surface area contributed by atoms with Gasteiger partial charge in [-0.1, -0.05) is 11.6 Å². The molecule has 0 bridgehead atoms. The molecule has 102 valence electrons. The molecule has 1 unspecified atom stereocenters. The topological polar surface area (TPSA) is 67.4 Å². The van der Waals surface area contributed by atoms with E-state index in [0.717, 1.165) is 17.9 Å². The summed E-state index contributed by atoms with van der Waals surface area (Å²) < 4.78 is 32.6. The molecule has 1 fully saturated rings. The third kappa shape index (κ3) is 3.66. The number of thiophene rings is 1. The van der Waals surface area contributed by atoms with Crippen LogP contribution in [0.4, 0.5) is 0 Å². The Morgan fingerprint density at radius 3 is 3.00 bits per heavy atom. The van der Waals surface area contributed by atoms with Gasteiger partial charge in [-0.25, -0.2) is 13.1 Å². The monoisotopic (exact) mass is 374 g/mol. The van der Waals surface area contributed by atoms with Crippen molar-refractivity contribution in [1.82, 2.24) is 10.0 Å². The number of ether oxygens (including phenoxy) is 1. The summed E-state index contributed by atoms with van der Waals surface area (Å²) in [7, 11) is -3.50. The summed E-state index contributed by atoms with van der Waals surface area (Å²) in [6.07, 6.45) is 0. The van der Waals surface area contributed by atoms with Crippen LogP contribution in [-0.2, 0) is 14.8 Å². The SMILES string of the molecule is O=S(=O)(NCC1COCCN1)c1cc(Cl)c(Br)s1. The lowest BCUT2D eigenvalue weighted by Crippen LogP contribution is -2.48. The molecule has 2 rings (SSSR count). The highest BCUT2D eigenvalue weighted by Gasteiger charge is 2.21. The van der Waals surface area contributed by atoms with Crippen LogP contribution >= 0.6 is 38.9 Å². The molecule has 2 heterocycles. The Kier molecular flexibility index (Phi) is 5.04. The average Bonchev–Trinajstić information content (AvgIpc) is 2.70. The van der Waals surface area contributed by atoms with Crippen molar-refractivity contribution in [2.24, 2.45) is 0 Å². The van der Waals surface area contributed by atoms with Crippen molar-refractivity contribution in [3.05, 3.63) is 14.9 Å². The van der Waals surface area contributed by atoms with Crippen LogP contribution in [0.5, 0.6) is 0 Å². The maximum absolute atomic E-state index is 12.0. The highest BCUT2D eigenvalue weighted by molar-refractivity contribution is 9.11. The molecule has 0 aliphatic carbocycles. The number of rotatable bonds is 4. The smallest absolute Gasteiger partial charge is 0.250 e. The van der Waals surface area contributed by atoms with E-state index in [-0.39, 0.29) is 10.3 Å². The largest absolute Gasteiger partial charge is 0.378 e. The first kappa shape index (κ1) is 14.7. The Balaban J connectivity index is 1.98. The molecule has 0 amide bonds. The first-order valence-corrected chi connectivity index (χ1v) is 8.72. The van der Waals surface area contributed by atoms with Crippen molar-refractivity contribution in [2.45, 2.75) is 10.3 Å². The third-order valence-electron chi connectivity index (χ3n) is 2.41. The van der Waals surface area contributed by atoms with Gasteiger partial charge in [-0.05, 0) is 22.0 Å². The summed E-state index contributed by atoms with van der Waals surface area (Å²) in [6, 6.07) is 1.44. The number of halogens is 2. The van der Waals surface area contributed by atoms with Gasteiger partial charge in [0.15, 0.2) is 0 Å². The fraction of sp³-hybridized carbons (Fsp3) is 0.556. The van der Waals surface area contributed by atoms with Crippen molar-refractivity contribution < 1.29 is 13.2 Å². The summed E-state index contributed by atoms with van der Waals surface area (Å²) in [5, 5.41) is 3.58. The van der Waals surface area contributed by atoms with E-state index in [0.29, 0.717) is 28.6 Å². The highest BCUT2D eigenvalue weighted by atomic mass is 79.9. The van der Waals surface area contributed by atoms with Crippen LogP contribution in [-0.4, -0.2) is 40.8 Å². The molecule has 1 saturated heterocycles. The van der Waals surface area contributed by atoms with Crippen LogP contribution < -0.4 is 10.0 Å². The molecule has 1 aliphatic rings. The molecule has 1 aromatic rings. The predicted molar refractivity (Wildman–Crippen MR) is 74.8 cm³/mol. The van der Waals surface area contributed by atoms with E-state index in [1.165, 1.54) is 6.07 Å². The quantitative estimate of drug-likeness (QED) is 0.835. The maximum Gasteiger partial charge on any atom is 0.250 e. The van der Waals surface area contributed by atoms with E-state index in [9.17, 15) is 8.42 Å². The zero-order valence-corrected chi connectivity index (χ0v) is 13.3. The van der Waals surface area contributed by atoms with Crippen LogP contribution in [0.3, 0.4) is 0 Å².